The number of alkyl halides is 1. The predicted molar refractivity (Wildman–Crippen MR) is 159 cm³/mol. The summed E-state index contributed by atoms with van der Waals surface area (Å²) in [5, 5.41) is 22.1. The van der Waals surface area contributed by atoms with Gasteiger partial charge >= 0.3 is 6.03 Å². The van der Waals surface area contributed by atoms with Crippen LogP contribution >= 0.6 is 0 Å². The van der Waals surface area contributed by atoms with E-state index in [1.165, 1.54) is 6.08 Å². The van der Waals surface area contributed by atoms with Gasteiger partial charge in [0, 0.05) is 37.8 Å². The minimum atomic E-state index is -1.20. The highest BCUT2D eigenvalue weighted by atomic mass is 19.1. The molecule has 0 aromatic carbocycles. The molecule has 5 fully saturated rings. The fraction of sp³-hybridized carbons (Fsp3) is 0.767. The zero-order valence-corrected chi connectivity index (χ0v) is 25.3. The van der Waals surface area contributed by atoms with E-state index in [4.69, 9.17) is 0 Å². The van der Waals surface area contributed by atoms with Crippen LogP contribution in [0.15, 0.2) is 24.6 Å². The van der Waals surface area contributed by atoms with Crippen molar-refractivity contribution in [1.29, 1.82) is 5.26 Å². The Balaban J connectivity index is 1.36. The first-order valence-electron chi connectivity index (χ1n) is 16.1. The molecule has 0 aromatic rings. The second-order valence-electron chi connectivity index (χ2n) is 13.3. The van der Waals surface area contributed by atoms with Gasteiger partial charge in [-0.05, 0) is 56.6 Å². The van der Waals surface area contributed by atoms with Crippen LogP contribution in [-0.4, -0.2) is 101 Å². The summed E-state index contributed by atoms with van der Waals surface area (Å²) in [6.07, 6.45) is 5.93. The Bertz CT molecular complexity index is 1140. The van der Waals surface area contributed by atoms with Crippen LogP contribution in [0, 0.1) is 29.1 Å². The molecule has 12 nitrogen and oxygen atoms in total. The van der Waals surface area contributed by atoms with E-state index in [-0.39, 0.29) is 48.8 Å². The zero-order valence-electron chi connectivity index (χ0n) is 25.3. The van der Waals surface area contributed by atoms with Gasteiger partial charge in [0.05, 0.1) is 42.6 Å². The van der Waals surface area contributed by atoms with Crippen molar-refractivity contribution in [2.24, 2.45) is 17.8 Å². The van der Waals surface area contributed by atoms with Gasteiger partial charge in [0.25, 0.3) is 0 Å². The summed E-state index contributed by atoms with van der Waals surface area (Å²) in [5.74, 6) is 0.224. The Kier molecular flexibility index (Phi) is 8.82. The summed E-state index contributed by atoms with van der Waals surface area (Å²) in [7, 11) is 0. The van der Waals surface area contributed by atoms with Crippen molar-refractivity contribution in [3.05, 3.63) is 24.6 Å². The number of fused-ring (bicyclic) bond motifs is 5. The maximum Gasteiger partial charge on any atom is 0.320 e. The van der Waals surface area contributed by atoms with Crippen LogP contribution in [0.25, 0.3) is 0 Å². The van der Waals surface area contributed by atoms with Crippen molar-refractivity contribution in [1.82, 2.24) is 46.6 Å². The molecule has 5 saturated heterocycles. The van der Waals surface area contributed by atoms with Crippen LogP contribution in [0.5, 0.6) is 0 Å². The third kappa shape index (κ3) is 5.59. The maximum atomic E-state index is 16.3. The highest BCUT2D eigenvalue weighted by Crippen LogP contribution is 2.40. The molecule has 6 heterocycles. The van der Waals surface area contributed by atoms with Gasteiger partial charge in [-0.25, -0.2) is 9.18 Å². The fourth-order valence-electron chi connectivity index (χ4n) is 8.53. The molecule has 0 spiro atoms. The number of amides is 3. The molecular weight excluding hydrogens is 551 g/mol. The van der Waals surface area contributed by atoms with Crippen molar-refractivity contribution in [3.63, 3.8) is 0 Å². The standard InChI is InChI=1S/C30H47FN10O2/c1-4-24(42)39-14-13-38(17-21(39)9-11-32)27-22-15-23(31)29-35-28(22)40(30(43)36-27)26-19(10-12-33-25(26)18(2)3)7-5-6-8-20-16-34-37-41(20)29/h4,16,18-19,21-23,25-29,33-35,37H,1,5-10,12-15,17H2,2-3H3,(H,36,43). The third-order valence-electron chi connectivity index (χ3n) is 10.5. The molecule has 6 rings (SSSR count). The lowest BCUT2D eigenvalue weighted by molar-refractivity contribution is -0.134. The van der Waals surface area contributed by atoms with Gasteiger partial charge in [-0.3, -0.25) is 20.0 Å². The number of hydrogen-bond acceptors (Lipinski definition) is 9. The van der Waals surface area contributed by atoms with Crippen LogP contribution in [-0.2, 0) is 4.79 Å². The second-order valence-corrected chi connectivity index (χ2v) is 13.3. The lowest BCUT2D eigenvalue weighted by atomic mass is 9.76. The van der Waals surface area contributed by atoms with Crippen LogP contribution in [0.4, 0.5) is 9.18 Å². The number of carbonyl (C=O) groups is 2. The summed E-state index contributed by atoms with van der Waals surface area (Å²) < 4.78 is 16.3. The quantitative estimate of drug-likeness (QED) is 0.304. The van der Waals surface area contributed by atoms with E-state index in [2.05, 4.69) is 58.3 Å². The minimum absolute atomic E-state index is 0.0287. The predicted octanol–water partition coefficient (Wildman–Crippen LogP) is 1.29. The number of nitrogens with zero attached hydrogens (tertiary/aromatic N) is 5. The highest BCUT2D eigenvalue weighted by molar-refractivity contribution is 5.87. The average molecular weight is 599 g/mol. The summed E-state index contributed by atoms with van der Waals surface area (Å²) in [6.45, 7) is 10.3. The van der Waals surface area contributed by atoms with Crippen LogP contribution in [0.3, 0.4) is 0 Å². The number of piperazine rings is 1. The molecule has 6 aliphatic rings. The van der Waals surface area contributed by atoms with Crippen molar-refractivity contribution >= 4 is 11.9 Å². The third-order valence-corrected chi connectivity index (χ3v) is 10.5. The molecule has 0 radical (unpaired) electrons. The number of hydrogen-bond donors (Lipinski definition) is 5. The number of urea groups is 1. The molecule has 9 unspecified atom stereocenters. The normalized spacial score (nSPS) is 38.4. The van der Waals surface area contributed by atoms with Gasteiger partial charge in [-0.2, -0.15) is 5.26 Å². The number of piperidine rings is 2. The molecule has 3 amide bonds. The Morgan fingerprint density at radius 3 is 2.84 bits per heavy atom. The largest absolute Gasteiger partial charge is 0.333 e. The number of hydrazine groups is 2. The number of carbonyl (C=O) groups excluding carboxylic acids is 2. The minimum Gasteiger partial charge on any atom is -0.333 e. The van der Waals surface area contributed by atoms with Crippen LogP contribution in [0.2, 0.25) is 0 Å². The monoisotopic (exact) mass is 598 g/mol. The first-order chi connectivity index (χ1) is 20.8. The van der Waals surface area contributed by atoms with E-state index in [1.807, 2.05) is 16.1 Å². The number of nitriles is 1. The molecular formula is C30H47FN10O2. The van der Waals surface area contributed by atoms with Gasteiger partial charge < -0.3 is 25.9 Å². The average Bonchev–Trinajstić information content (AvgIpc) is 3.46. The first-order valence-corrected chi connectivity index (χ1v) is 16.1. The SMILES string of the molecule is C=CC(=O)N1CCN(C2NC(=O)N3C4NC(C(F)CC24)N2NNC=C2CCCCC2CCNC(C(C)C)C23)CC1CC#N. The number of allylic oxidation sites excluding steroid dienone is 1. The fourth-order valence-corrected chi connectivity index (χ4v) is 8.53. The zero-order chi connectivity index (χ0) is 30.2. The molecule has 0 saturated carbocycles. The second kappa shape index (κ2) is 12.6. The number of nitrogens with one attached hydrogen (secondary N) is 5. The Morgan fingerprint density at radius 2 is 2.07 bits per heavy atom. The summed E-state index contributed by atoms with van der Waals surface area (Å²) >= 11 is 0. The van der Waals surface area contributed by atoms with E-state index in [1.54, 1.807) is 4.90 Å². The molecule has 5 N–H and O–H groups in total. The summed E-state index contributed by atoms with van der Waals surface area (Å²) in [6, 6.07) is 1.85. The Labute approximate surface area is 254 Å². The van der Waals surface area contributed by atoms with Gasteiger partial charge in [0.2, 0.25) is 5.91 Å². The van der Waals surface area contributed by atoms with Crippen molar-refractivity contribution < 1.29 is 14.0 Å². The van der Waals surface area contributed by atoms with Crippen LogP contribution < -0.4 is 26.9 Å². The van der Waals surface area contributed by atoms with Crippen molar-refractivity contribution in [2.75, 3.05) is 26.2 Å². The van der Waals surface area contributed by atoms with Gasteiger partial charge in [-0.1, -0.05) is 26.8 Å². The van der Waals surface area contributed by atoms with E-state index < -0.39 is 24.7 Å². The highest BCUT2D eigenvalue weighted by Gasteiger charge is 2.56. The first kappa shape index (κ1) is 30.1. The molecule has 2 bridgehead atoms. The summed E-state index contributed by atoms with van der Waals surface area (Å²) in [5.41, 5.74) is 7.24. The van der Waals surface area contributed by atoms with Gasteiger partial charge in [-0.15, -0.1) is 5.53 Å². The van der Waals surface area contributed by atoms with E-state index in [0.29, 0.717) is 31.5 Å². The topological polar surface area (TPSA) is 131 Å². The lowest BCUT2D eigenvalue weighted by Crippen LogP contribution is -2.80. The number of rotatable bonds is 4. The molecule has 9 atom stereocenters. The molecule has 43 heavy (non-hydrogen) atoms. The molecule has 6 aliphatic heterocycles. The molecule has 0 aromatic heterocycles. The van der Waals surface area contributed by atoms with Gasteiger partial charge in [0.15, 0.2) is 0 Å². The number of halogens is 1. The van der Waals surface area contributed by atoms with E-state index in [0.717, 1.165) is 44.3 Å². The van der Waals surface area contributed by atoms with Gasteiger partial charge in [0.1, 0.15) is 12.3 Å². The Morgan fingerprint density at radius 1 is 1.23 bits per heavy atom. The maximum absolute atomic E-state index is 16.3. The molecule has 13 heteroatoms. The van der Waals surface area contributed by atoms with E-state index in [9.17, 15) is 14.9 Å². The smallest absolute Gasteiger partial charge is 0.320 e. The lowest BCUT2D eigenvalue weighted by Gasteiger charge is -2.59. The molecule has 0 aliphatic carbocycles. The molecule has 236 valence electrons. The Hall–Kier alpha value is -2.92. The van der Waals surface area contributed by atoms with Crippen molar-refractivity contribution in [2.45, 2.75) is 102 Å². The van der Waals surface area contributed by atoms with E-state index >= 15 is 4.39 Å². The summed E-state index contributed by atoms with van der Waals surface area (Å²) in [4.78, 5) is 32.8. The van der Waals surface area contributed by atoms with Crippen molar-refractivity contribution in [3.8, 4) is 6.07 Å². The van der Waals surface area contributed by atoms with Crippen LogP contribution in [0.1, 0.15) is 58.8 Å².